The maximum Gasteiger partial charge on any atom is 0.294 e. The predicted molar refractivity (Wildman–Crippen MR) is 121 cm³/mol. The van der Waals surface area contributed by atoms with Crippen molar-refractivity contribution in [3.63, 3.8) is 0 Å². The summed E-state index contributed by atoms with van der Waals surface area (Å²) in [4.78, 5) is 38.3. The van der Waals surface area contributed by atoms with E-state index in [1.54, 1.807) is 27.8 Å². The van der Waals surface area contributed by atoms with E-state index in [0.29, 0.717) is 35.3 Å². The van der Waals surface area contributed by atoms with E-state index in [1.807, 2.05) is 0 Å². The van der Waals surface area contributed by atoms with E-state index in [9.17, 15) is 27.2 Å². The smallest absolute Gasteiger partial charge is 0.294 e. The Labute approximate surface area is 191 Å². The summed E-state index contributed by atoms with van der Waals surface area (Å²) in [7, 11) is -1.74. The third-order valence-electron chi connectivity index (χ3n) is 5.85. The largest absolute Gasteiger partial charge is 0.346 e. The molecule has 0 bridgehead atoms. The van der Waals surface area contributed by atoms with Gasteiger partial charge < -0.3 is 15.2 Å². The summed E-state index contributed by atoms with van der Waals surface area (Å²) in [6, 6.07) is 3.62. The highest BCUT2D eigenvalue weighted by Gasteiger charge is 2.35. The fourth-order valence-electron chi connectivity index (χ4n) is 4.04. The second-order valence-corrected chi connectivity index (χ2v) is 10.2. The zero-order valence-electron chi connectivity index (χ0n) is 19.1. The summed E-state index contributed by atoms with van der Waals surface area (Å²) in [5.74, 6) is -2.46. The molecule has 178 valence electrons. The fourth-order valence-corrected chi connectivity index (χ4v) is 4.84. The van der Waals surface area contributed by atoms with Crippen LogP contribution in [0.2, 0.25) is 0 Å². The number of hydrogen-bond donors (Lipinski definition) is 3. The lowest BCUT2D eigenvalue weighted by Crippen LogP contribution is -2.54. The van der Waals surface area contributed by atoms with Crippen LogP contribution in [0.15, 0.2) is 18.2 Å². The zero-order valence-corrected chi connectivity index (χ0v) is 19.9. The highest BCUT2D eigenvalue weighted by molar-refractivity contribution is 7.88. The molecule has 1 fully saturated rings. The number of amides is 2. The number of nitrogens with one attached hydrogen (secondary N) is 3. The molecule has 1 aliphatic rings. The van der Waals surface area contributed by atoms with Gasteiger partial charge in [0, 0.05) is 30.5 Å². The van der Waals surface area contributed by atoms with Crippen molar-refractivity contribution in [3.05, 3.63) is 52.1 Å². The minimum Gasteiger partial charge on any atom is -0.346 e. The third kappa shape index (κ3) is 5.31. The Balaban J connectivity index is 1.73. The first-order valence-electron chi connectivity index (χ1n) is 10.3. The van der Waals surface area contributed by atoms with Gasteiger partial charge in [-0.25, -0.2) is 17.5 Å². The molecule has 0 unspecified atom stereocenters. The molecule has 11 heteroatoms. The molecule has 1 aliphatic carbocycles. The number of Topliss-reactive ketones (excluding diaryl/α,β-unsaturated/α-hetero) is 1. The Morgan fingerprint density at radius 3 is 2.30 bits per heavy atom. The lowest BCUT2D eigenvalue weighted by atomic mass is 9.87. The Morgan fingerprint density at radius 2 is 1.73 bits per heavy atom. The molecular formula is C22H27FN4O5S. The minimum absolute atomic E-state index is 0.0931. The molecule has 3 N–H and O–H groups in total. The normalized spacial score (nSPS) is 17.9. The summed E-state index contributed by atoms with van der Waals surface area (Å²) in [6.07, 6.45) is 1.85. The lowest BCUT2D eigenvalue weighted by Gasteiger charge is -2.35. The monoisotopic (exact) mass is 478 g/mol. The van der Waals surface area contributed by atoms with Crippen LogP contribution in [0.4, 0.5) is 10.1 Å². The number of sulfonamides is 1. The molecule has 0 aliphatic heterocycles. The van der Waals surface area contributed by atoms with E-state index in [4.69, 9.17) is 0 Å². The van der Waals surface area contributed by atoms with Crippen LogP contribution in [0.1, 0.15) is 50.5 Å². The van der Waals surface area contributed by atoms with Crippen molar-refractivity contribution in [2.75, 3.05) is 11.6 Å². The van der Waals surface area contributed by atoms with Crippen LogP contribution in [0.3, 0.4) is 0 Å². The number of rotatable bonds is 7. The van der Waals surface area contributed by atoms with Gasteiger partial charge in [-0.1, -0.05) is 0 Å². The average molecular weight is 479 g/mol. The quantitative estimate of drug-likeness (QED) is 0.413. The molecule has 1 heterocycles. The molecule has 0 radical (unpaired) electrons. The van der Waals surface area contributed by atoms with Gasteiger partial charge in [-0.2, -0.15) is 0 Å². The van der Waals surface area contributed by atoms with E-state index in [0.717, 1.165) is 6.26 Å². The number of carbonyl (C=O) groups excluding carboxylic acids is 3. The van der Waals surface area contributed by atoms with Crippen molar-refractivity contribution in [2.24, 2.45) is 7.05 Å². The molecule has 0 atom stereocenters. The summed E-state index contributed by atoms with van der Waals surface area (Å²) in [5, 5.41) is 5.33. The van der Waals surface area contributed by atoms with Crippen molar-refractivity contribution >= 4 is 33.3 Å². The maximum atomic E-state index is 13.5. The van der Waals surface area contributed by atoms with E-state index in [-0.39, 0.29) is 29.2 Å². The van der Waals surface area contributed by atoms with Gasteiger partial charge in [0.1, 0.15) is 5.82 Å². The molecule has 0 saturated heterocycles. The van der Waals surface area contributed by atoms with E-state index in [2.05, 4.69) is 15.4 Å². The van der Waals surface area contributed by atoms with Gasteiger partial charge in [-0.15, -0.1) is 0 Å². The van der Waals surface area contributed by atoms with Gasteiger partial charge in [0.15, 0.2) is 0 Å². The van der Waals surface area contributed by atoms with Crippen molar-refractivity contribution < 1.29 is 27.2 Å². The van der Waals surface area contributed by atoms with Crippen molar-refractivity contribution in [1.82, 2.24) is 14.6 Å². The summed E-state index contributed by atoms with van der Waals surface area (Å²) < 4.78 is 40.0. The number of nitrogens with zero attached hydrogens (tertiary/aromatic N) is 1. The van der Waals surface area contributed by atoms with Gasteiger partial charge in [0.05, 0.1) is 17.5 Å². The van der Waals surface area contributed by atoms with Crippen LogP contribution in [-0.2, 0) is 21.9 Å². The number of aromatic nitrogens is 1. The Kier molecular flexibility index (Phi) is 6.75. The molecule has 2 aromatic rings. The van der Waals surface area contributed by atoms with Gasteiger partial charge in [0.25, 0.3) is 17.6 Å². The first-order chi connectivity index (χ1) is 15.3. The van der Waals surface area contributed by atoms with Crippen molar-refractivity contribution in [2.45, 2.75) is 45.7 Å². The zero-order chi connectivity index (χ0) is 24.7. The van der Waals surface area contributed by atoms with Crippen LogP contribution >= 0.6 is 0 Å². The number of carbonyl (C=O) groups is 3. The average Bonchev–Trinajstić information content (AvgIpc) is 2.90. The number of benzene rings is 1. The van der Waals surface area contributed by atoms with E-state index in [1.165, 1.54) is 22.8 Å². The Bertz CT molecular complexity index is 1250. The van der Waals surface area contributed by atoms with Crippen molar-refractivity contribution in [3.8, 4) is 0 Å². The van der Waals surface area contributed by atoms with Crippen LogP contribution in [0.5, 0.6) is 0 Å². The predicted octanol–water partition coefficient (Wildman–Crippen LogP) is 1.72. The first-order valence-corrected chi connectivity index (χ1v) is 12.2. The van der Waals surface area contributed by atoms with Gasteiger partial charge >= 0.3 is 0 Å². The third-order valence-corrected chi connectivity index (χ3v) is 6.61. The van der Waals surface area contributed by atoms with E-state index >= 15 is 0 Å². The van der Waals surface area contributed by atoms with Crippen LogP contribution in [-0.4, -0.2) is 48.9 Å². The number of halogens is 1. The minimum atomic E-state index is -3.33. The SMILES string of the molecule is Cc1cc(NC(=O)c2c(C)c(C(=O)C(=O)NC3CC(NS(C)(=O)=O)C3)n(C)c2C)ccc1F. The Hall–Kier alpha value is -3.05. The fraction of sp³-hybridized carbons (Fsp3) is 0.409. The molecule has 0 spiro atoms. The lowest BCUT2D eigenvalue weighted by molar-refractivity contribution is -0.118. The number of hydrogen-bond acceptors (Lipinski definition) is 5. The molecule has 1 saturated carbocycles. The van der Waals surface area contributed by atoms with Crippen LogP contribution in [0, 0.1) is 26.6 Å². The van der Waals surface area contributed by atoms with E-state index < -0.39 is 27.6 Å². The highest BCUT2D eigenvalue weighted by Crippen LogP contribution is 2.25. The second kappa shape index (κ2) is 9.06. The standard InChI is InChI=1S/C22H27FN4O5S/c1-11-8-14(6-7-17(11)23)24-21(29)18-12(2)19(27(4)13(18)3)20(28)22(30)25-15-9-16(10-15)26-33(5,31)32/h6-8,15-16,26H,9-10H2,1-5H3,(H,24,29)(H,25,30). The molecular weight excluding hydrogens is 451 g/mol. The molecule has 1 aromatic carbocycles. The number of aryl methyl sites for hydroxylation is 1. The van der Waals surface area contributed by atoms with Gasteiger partial charge in [-0.3, -0.25) is 14.4 Å². The second-order valence-electron chi connectivity index (χ2n) is 8.47. The summed E-state index contributed by atoms with van der Waals surface area (Å²) >= 11 is 0. The highest BCUT2D eigenvalue weighted by atomic mass is 32.2. The van der Waals surface area contributed by atoms with Gasteiger partial charge in [-0.05, 0) is 62.9 Å². The molecule has 2 amide bonds. The Morgan fingerprint density at radius 1 is 1.09 bits per heavy atom. The first kappa shape index (κ1) is 24.6. The molecule has 33 heavy (non-hydrogen) atoms. The maximum absolute atomic E-state index is 13.5. The molecule has 1 aromatic heterocycles. The van der Waals surface area contributed by atoms with Crippen LogP contribution < -0.4 is 15.4 Å². The van der Waals surface area contributed by atoms with Crippen LogP contribution in [0.25, 0.3) is 0 Å². The number of anilines is 1. The number of ketones is 1. The van der Waals surface area contributed by atoms with Gasteiger partial charge in [0.2, 0.25) is 10.0 Å². The summed E-state index contributed by atoms with van der Waals surface area (Å²) in [6.45, 7) is 4.84. The molecule has 9 nitrogen and oxygen atoms in total. The summed E-state index contributed by atoms with van der Waals surface area (Å²) in [5.41, 5.74) is 2.01. The molecule has 3 rings (SSSR count). The van der Waals surface area contributed by atoms with Crippen molar-refractivity contribution in [1.29, 1.82) is 0 Å². The topological polar surface area (TPSA) is 126 Å².